The molecule has 170 valence electrons. The van der Waals surface area contributed by atoms with Gasteiger partial charge in [0.05, 0.1) is 6.20 Å². The van der Waals surface area contributed by atoms with Crippen molar-refractivity contribution in [1.29, 1.82) is 0 Å². The summed E-state index contributed by atoms with van der Waals surface area (Å²) in [6, 6.07) is 8.43. The van der Waals surface area contributed by atoms with Gasteiger partial charge in [0.25, 0.3) is 0 Å². The second kappa shape index (κ2) is 12.8. The summed E-state index contributed by atoms with van der Waals surface area (Å²) < 4.78 is 25.3. The first-order chi connectivity index (χ1) is 14.6. The van der Waals surface area contributed by atoms with Crippen LogP contribution in [0.5, 0.6) is 11.5 Å². The summed E-state index contributed by atoms with van der Waals surface area (Å²) in [6.45, 7) is 2.11. The molecule has 1 aromatic carbocycles. The van der Waals surface area contributed by atoms with Crippen molar-refractivity contribution >= 4 is 29.9 Å². The normalized spacial score (nSPS) is 15.3. The maximum Gasteiger partial charge on any atom is 0.191 e. The number of hydrogen-bond donors (Lipinski definition) is 2. The molecule has 0 spiro atoms. The van der Waals surface area contributed by atoms with Crippen LogP contribution >= 0.6 is 24.0 Å². The summed E-state index contributed by atoms with van der Waals surface area (Å²) in [6.07, 6.45) is 9.21. The van der Waals surface area contributed by atoms with Gasteiger partial charge in [-0.2, -0.15) is 0 Å². The minimum Gasteiger partial charge on any atom is -0.453 e. The topological polar surface area (TPSA) is 67.8 Å². The number of pyridine rings is 1. The zero-order valence-corrected chi connectivity index (χ0v) is 20.5. The van der Waals surface area contributed by atoms with E-state index in [1.54, 1.807) is 44.8 Å². The van der Waals surface area contributed by atoms with Crippen LogP contribution in [0.4, 0.5) is 4.39 Å². The molecular weight excluding hydrogens is 510 g/mol. The van der Waals surface area contributed by atoms with Crippen LogP contribution in [0, 0.1) is 11.2 Å². The van der Waals surface area contributed by atoms with Crippen molar-refractivity contribution in [2.45, 2.75) is 38.6 Å². The van der Waals surface area contributed by atoms with E-state index in [4.69, 9.17) is 9.47 Å². The summed E-state index contributed by atoms with van der Waals surface area (Å²) in [4.78, 5) is 8.28. The van der Waals surface area contributed by atoms with Gasteiger partial charge in [-0.15, -0.1) is 24.0 Å². The van der Waals surface area contributed by atoms with Gasteiger partial charge in [0.1, 0.15) is 5.75 Å². The van der Waals surface area contributed by atoms with Crippen LogP contribution in [0.2, 0.25) is 0 Å². The molecule has 1 aliphatic rings. The van der Waals surface area contributed by atoms with Crippen molar-refractivity contribution in [2.24, 2.45) is 10.4 Å². The van der Waals surface area contributed by atoms with Gasteiger partial charge in [0.2, 0.25) is 0 Å². The number of benzene rings is 1. The number of nitrogens with zero attached hydrogens (tertiary/aromatic N) is 2. The van der Waals surface area contributed by atoms with E-state index in [0.717, 1.165) is 31.1 Å². The van der Waals surface area contributed by atoms with E-state index in [1.165, 1.54) is 31.7 Å². The fourth-order valence-electron chi connectivity index (χ4n) is 3.91. The van der Waals surface area contributed by atoms with Crippen molar-refractivity contribution in [3.8, 4) is 11.5 Å². The highest BCUT2D eigenvalue weighted by Gasteiger charge is 2.33. The third kappa shape index (κ3) is 7.60. The van der Waals surface area contributed by atoms with Gasteiger partial charge in [0.15, 0.2) is 17.5 Å². The zero-order valence-electron chi connectivity index (χ0n) is 18.2. The summed E-state index contributed by atoms with van der Waals surface area (Å²) in [5.74, 6) is 0.983. The number of ether oxygens (including phenoxy) is 2. The molecule has 0 saturated heterocycles. The van der Waals surface area contributed by atoms with Crippen molar-refractivity contribution < 1.29 is 13.9 Å². The lowest BCUT2D eigenvalue weighted by atomic mass is 9.83. The molecule has 1 heterocycles. The van der Waals surface area contributed by atoms with Gasteiger partial charge in [-0.05, 0) is 54.5 Å². The fourth-order valence-corrected chi connectivity index (χ4v) is 3.91. The third-order valence-electron chi connectivity index (χ3n) is 5.67. The van der Waals surface area contributed by atoms with Crippen molar-refractivity contribution in [1.82, 2.24) is 15.6 Å². The summed E-state index contributed by atoms with van der Waals surface area (Å²) in [7, 11) is 3.50. The molecule has 8 heteroatoms. The molecule has 1 fully saturated rings. The molecular formula is C23H32FIN4O2. The highest BCUT2D eigenvalue weighted by Crippen LogP contribution is 2.40. The van der Waals surface area contributed by atoms with Crippen LogP contribution in [0.25, 0.3) is 0 Å². The first-order valence-corrected chi connectivity index (χ1v) is 10.4. The van der Waals surface area contributed by atoms with E-state index in [-0.39, 0.29) is 35.1 Å². The SMILES string of the molecule is CN=C(NCc1ccc(Oc2cccnc2)c(F)c1)NCC1(CCOC)CCCC1.I. The first kappa shape index (κ1) is 25.3. The lowest BCUT2D eigenvalue weighted by molar-refractivity contribution is 0.138. The van der Waals surface area contributed by atoms with Gasteiger partial charge in [-0.1, -0.05) is 18.9 Å². The van der Waals surface area contributed by atoms with E-state index in [0.29, 0.717) is 12.3 Å². The van der Waals surface area contributed by atoms with E-state index in [1.807, 2.05) is 6.07 Å². The third-order valence-corrected chi connectivity index (χ3v) is 5.67. The average Bonchev–Trinajstić information content (AvgIpc) is 3.24. The standard InChI is InChI=1S/C23H31FN4O2.HI/c1-25-22(28-17-23(11-13-29-2)9-3-4-10-23)27-15-18-7-8-21(20(24)14-18)30-19-6-5-12-26-16-19;/h5-8,12,14,16H,3-4,9-11,13,15,17H2,1-2H3,(H2,25,27,28);1H. The maximum absolute atomic E-state index is 14.4. The maximum atomic E-state index is 14.4. The number of nitrogens with one attached hydrogen (secondary N) is 2. The smallest absolute Gasteiger partial charge is 0.191 e. The molecule has 2 N–H and O–H groups in total. The largest absolute Gasteiger partial charge is 0.453 e. The van der Waals surface area contributed by atoms with E-state index in [9.17, 15) is 4.39 Å². The number of halogens is 2. The predicted octanol–water partition coefficient (Wildman–Crippen LogP) is 4.89. The van der Waals surface area contributed by atoms with Crippen LogP contribution < -0.4 is 15.4 Å². The van der Waals surface area contributed by atoms with Crippen LogP contribution in [-0.2, 0) is 11.3 Å². The lowest BCUT2D eigenvalue weighted by Gasteiger charge is -2.30. The Labute approximate surface area is 201 Å². The van der Waals surface area contributed by atoms with Crippen LogP contribution in [0.15, 0.2) is 47.7 Å². The minimum absolute atomic E-state index is 0. The molecule has 0 aliphatic heterocycles. The number of rotatable bonds is 9. The van der Waals surface area contributed by atoms with Crippen LogP contribution in [0.1, 0.15) is 37.7 Å². The fraction of sp³-hybridized carbons (Fsp3) is 0.478. The first-order valence-electron chi connectivity index (χ1n) is 10.4. The average molecular weight is 542 g/mol. The molecule has 1 saturated carbocycles. The molecule has 6 nitrogen and oxygen atoms in total. The van der Waals surface area contributed by atoms with Gasteiger partial charge in [0, 0.05) is 40.1 Å². The molecule has 1 aromatic heterocycles. The Bertz CT molecular complexity index is 830. The molecule has 0 atom stereocenters. The van der Waals surface area contributed by atoms with Gasteiger partial charge in [-0.3, -0.25) is 9.98 Å². The second-order valence-electron chi connectivity index (χ2n) is 7.78. The number of hydrogen-bond acceptors (Lipinski definition) is 4. The van der Waals surface area contributed by atoms with Crippen molar-refractivity contribution in [2.75, 3.05) is 27.3 Å². The van der Waals surface area contributed by atoms with Gasteiger partial charge in [-0.25, -0.2) is 4.39 Å². The van der Waals surface area contributed by atoms with Gasteiger partial charge < -0.3 is 20.1 Å². The van der Waals surface area contributed by atoms with Crippen molar-refractivity contribution in [3.63, 3.8) is 0 Å². The van der Waals surface area contributed by atoms with E-state index in [2.05, 4.69) is 20.6 Å². The second-order valence-corrected chi connectivity index (χ2v) is 7.78. The number of aromatic nitrogens is 1. The number of guanidine groups is 1. The quantitative estimate of drug-likeness (QED) is 0.268. The highest BCUT2D eigenvalue weighted by atomic mass is 127. The Balaban J connectivity index is 0.00000341. The van der Waals surface area contributed by atoms with Crippen LogP contribution in [-0.4, -0.2) is 38.3 Å². The Kier molecular flexibility index (Phi) is 10.5. The lowest BCUT2D eigenvalue weighted by Crippen LogP contribution is -2.43. The molecule has 1 aliphatic carbocycles. The molecule has 31 heavy (non-hydrogen) atoms. The Hall–Kier alpha value is -1.94. The number of methoxy groups -OCH3 is 1. The van der Waals surface area contributed by atoms with E-state index >= 15 is 0 Å². The molecule has 3 rings (SSSR count). The molecule has 0 amide bonds. The zero-order chi connectivity index (χ0) is 21.2. The summed E-state index contributed by atoms with van der Waals surface area (Å²) in [5, 5.41) is 6.72. The van der Waals surface area contributed by atoms with E-state index < -0.39 is 5.82 Å². The number of aliphatic imine (C=N–C) groups is 1. The Morgan fingerprint density at radius 3 is 2.68 bits per heavy atom. The van der Waals surface area contributed by atoms with Gasteiger partial charge >= 0.3 is 0 Å². The molecule has 0 bridgehead atoms. The predicted molar refractivity (Wildman–Crippen MR) is 132 cm³/mol. The monoisotopic (exact) mass is 542 g/mol. The highest BCUT2D eigenvalue weighted by molar-refractivity contribution is 14.0. The molecule has 2 aromatic rings. The molecule has 0 unspecified atom stereocenters. The summed E-state index contributed by atoms with van der Waals surface area (Å²) >= 11 is 0. The Morgan fingerprint density at radius 2 is 2.03 bits per heavy atom. The minimum atomic E-state index is -0.412. The van der Waals surface area contributed by atoms with Crippen LogP contribution in [0.3, 0.4) is 0 Å². The summed E-state index contributed by atoms with van der Waals surface area (Å²) in [5.41, 5.74) is 1.08. The van der Waals surface area contributed by atoms with Crippen molar-refractivity contribution in [3.05, 3.63) is 54.1 Å². The Morgan fingerprint density at radius 1 is 1.23 bits per heavy atom. The molecule has 0 radical (unpaired) electrons.